The summed E-state index contributed by atoms with van der Waals surface area (Å²) in [5.41, 5.74) is 3.31. The van der Waals surface area contributed by atoms with Crippen molar-refractivity contribution in [3.63, 3.8) is 0 Å². The molecule has 3 aromatic rings. The summed E-state index contributed by atoms with van der Waals surface area (Å²) in [4.78, 5) is 12.1. The van der Waals surface area contributed by atoms with Gasteiger partial charge in [0.2, 0.25) is 10.0 Å². The van der Waals surface area contributed by atoms with Crippen molar-refractivity contribution < 1.29 is 22.0 Å². The summed E-state index contributed by atoms with van der Waals surface area (Å²) in [5, 5.41) is 2.72. The van der Waals surface area contributed by atoms with Crippen LogP contribution in [0, 0.1) is 11.6 Å². The Bertz CT molecular complexity index is 1260. The minimum Gasteiger partial charge on any atom is -0.348 e. The molecule has 0 aromatic heterocycles. The third-order valence-corrected chi connectivity index (χ3v) is 5.23. The molecular weight excluding hydrogens is 398 g/mol. The summed E-state index contributed by atoms with van der Waals surface area (Å²) in [6.45, 7) is 0.342. The normalized spacial score (nSPS) is 13.1. The Balaban J connectivity index is 1.94. The van der Waals surface area contributed by atoms with Crippen LogP contribution in [0.2, 0.25) is 0 Å². The highest BCUT2D eigenvalue weighted by molar-refractivity contribution is 7.92. The number of halogens is 2. The fourth-order valence-electron chi connectivity index (χ4n) is 3.41. The molecule has 1 heterocycles. The second-order valence-electron chi connectivity index (χ2n) is 6.82. The summed E-state index contributed by atoms with van der Waals surface area (Å²) in [5.74, 6) is -1.72. The molecule has 0 radical (unpaired) electrons. The fourth-order valence-corrected chi connectivity index (χ4v) is 3.96. The van der Waals surface area contributed by atoms with Crippen LogP contribution in [0.5, 0.6) is 0 Å². The Morgan fingerprint density at radius 2 is 1.72 bits per heavy atom. The lowest BCUT2D eigenvalue weighted by molar-refractivity contribution is 0.0965. The van der Waals surface area contributed by atoms with E-state index in [1.807, 2.05) is 0 Å². The third-order valence-electron chi connectivity index (χ3n) is 4.63. The minimum absolute atomic E-state index is 0.144. The van der Waals surface area contributed by atoms with Crippen LogP contribution in [0.4, 0.5) is 14.5 Å². The van der Waals surface area contributed by atoms with E-state index in [9.17, 15) is 22.0 Å². The Kier molecular flexibility index (Phi) is 4.58. The summed E-state index contributed by atoms with van der Waals surface area (Å²) in [6.07, 6.45) is 1.05. The van der Waals surface area contributed by atoms with Gasteiger partial charge in [-0.15, -0.1) is 0 Å². The summed E-state index contributed by atoms with van der Waals surface area (Å²) < 4.78 is 53.5. The first-order valence-electron chi connectivity index (χ1n) is 8.70. The lowest BCUT2D eigenvalue weighted by Gasteiger charge is -2.14. The molecule has 4 rings (SSSR count). The van der Waals surface area contributed by atoms with Gasteiger partial charge in [0.1, 0.15) is 11.6 Å². The largest absolute Gasteiger partial charge is 0.348 e. The molecule has 0 saturated carbocycles. The molecule has 0 spiro atoms. The number of fused-ring (bicyclic) bond motifs is 1. The monoisotopic (exact) mass is 414 g/mol. The molecule has 8 heteroatoms. The van der Waals surface area contributed by atoms with Gasteiger partial charge in [0.05, 0.1) is 6.26 Å². The van der Waals surface area contributed by atoms with Crippen molar-refractivity contribution in [1.82, 2.24) is 5.32 Å². The van der Waals surface area contributed by atoms with Gasteiger partial charge in [-0.2, -0.15) is 0 Å². The quantitative estimate of drug-likeness (QED) is 0.680. The Hall–Kier alpha value is -3.26. The Morgan fingerprint density at radius 1 is 0.931 bits per heavy atom. The number of benzene rings is 3. The van der Waals surface area contributed by atoms with Gasteiger partial charge >= 0.3 is 0 Å². The highest BCUT2D eigenvalue weighted by atomic mass is 32.2. The van der Waals surface area contributed by atoms with Crippen LogP contribution in [-0.4, -0.2) is 20.6 Å². The second kappa shape index (κ2) is 6.97. The molecule has 0 atom stereocenters. The van der Waals surface area contributed by atoms with E-state index in [0.717, 1.165) is 24.0 Å². The standard InChI is InChI=1S/C21H16F2N2O3S/c1-29(27,28)25-15-4-2-3-12(7-15)17-8-13-11-24-21(26)18(13)10-19(17)16-6-5-14(22)9-20(16)23/h2-10,25H,11H2,1H3,(H,24,26). The lowest BCUT2D eigenvalue weighted by Crippen LogP contribution is -2.12. The van der Waals surface area contributed by atoms with Crippen molar-refractivity contribution in [2.45, 2.75) is 6.54 Å². The van der Waals surface area contributed by atoms with E-state index >= 15 is 0 Å². The van der Waals surface area contributed by atoms with Gasteiger partial charge in [0.15, 0.2) is 0 Å². The van der Waals surface area contributed by atoms with E-state index in [0.29, 0.717) is 34.5 Å². The maximum Gasteiger partial charge on any atom is 0.251 e. The molecule has 0 unspecified atom stereocenters. The predicted molar refractivity (Wildman–Crippen MR) is 107 cm³/mol. The number of hydrogen-bond acceptors (Lipinski definition) is 3. The molecule has 1 aliphatic heterocycles. The zero-order chi connectivity index (χ0) is 20.8. The molecule has 29 heavy (non-hydrogen) atoms. The first-order valence-corrected chi connectivity index (χ1v) is 10.6. The average Bonchev–Trinajstić information content (AvgIpc) is 3.00. The maximum absolute atomic E-state index is 14.6. The van der Waals surface area contributed by atoms with E-state index < -0.39 is 21.7 Å². The van der Waals surface area contributed by atoms with Gasteiger partial charge in [-0.05, 0) is 58.7 Å². The second-order valence-corrected chi connectivity index (χ2v) is 8.57. The van der Waals surface area contributed by atoms with Crippen molar-refractivity contribution in [1.29, 1.82) is 0 Å². The van der Waals surface area contributed by atoms with Crippen molar-refractivity contribution in [2.24, 2.45) is 0 Å². The maximum atomic E-state index is 14.6. The van der Waals surface area contributed by atoms with E-state index in [-0.39, 0.29) is 11.5 Å². The van der Waals surface area contributed by atoms with Gasteiger partial charge in [-0.1, -0.05) is 12.1 Å². The van der Waals surface area contributed by atoms with Crippen molar-refractivity contribution in [3.05, 3.63) is 77.4 Å². The van der Waals surface area contributed by atoms with Crippen molar-refractivity contribution in [3.8, 4) is 22.3 Å². The SMILES string of the molecule is CS(=O)(=O)Nc1cccc(-c2cc3c(cc2-c2ccc(F)cc2F)C(=O)NC3)c1. The fraction of sp³-hybridized carbons (Fsp3) is 0.0952. The highest BCUT2D eigenvalue weighted by Gasteiger charge is 2.23. The molecule has 0 bridgehead atoms. The molecule has 0 saturated heterocycles. The molecule has 3 aromatic carbocycles. The van der Waals surface area contributed by atoms with Crippen LogP contribution < -0.4 is 10.0 Å². The topological polar surface area (TPSA) is 75.3 Å². The lowest BCUT2D eigenvalue weighted by atomic mass is 9.90. The first-order chi connectivity index (χ1) is 13.7. The van der Waals surface area contributed by atoms with Crippen LogP contribution in [0.15, 0.2) is 54.6 Å². The Morgan fingerprint density at radius 3 is 2.45 bits per heavy atom. The molecule has 5 nitrogen and oxygen atoms in total. The van der Waals surface area contributed by atoms with Gasteiger partial charge in [0, 0.05) is 29.4 Å². The van der Waals surface area contributed by atoms with Crippen molar-refractivity contribution in [2.75, 3.05) is 11.0 Å². The molecule has 0 aliphatic carbocycles. The smallest absolute Gasteiger partial charge is 0.251 e. The molecule has 2 N–H and O–H groups in total. The van der Waals surface area contributed by atoms with Crippen LogP contribution in [0.25, 0.3) is 22.3 Å². The van der Waals surface area contributed by atoms with E-state index in [4.69, 9.17) is 0 Å². The zero-order valence-electron chi connectivity index (χ0n) is 15.3. The number of amides is 1. The number of carbonyl (C=O) groups excluding carboxylic acids is 1. The van der Waals surface area contributed by atoms with Gasteiger partial charge in [0.25, 0.3) is 5.91 Å². The van der Waals surface area contributed by atoms with Crippen LogP contribution in [0.3, 0.4) is 0 Å². The summed E-state index contributed by atoms with van der Waals surface area (Å²) in [7, 11) is -3.47. The average molecular weight is 414 g/mol. The van der Waals surface area contributed by atoms with Gasteiger partial charge in [-0.3, -0.25) is 9.52 Å². The van der Waals surface area contributed by atoms with Crippen molar-refractivity contribution >= 4 is 21.6 Å². The number of anilines is 1. The van der Waals surface area contributed by atoms with Crippen LogP contribution >= 0.6 is 0 Å². The minimum atomic E-state index is -3.47. The van der Waals surface area contributed by atoms with E-state index in [2.05, 4.69) is 10.0 Å². The molecule has 148 valence electrons. The highest BCUT2D eigenvalue weighted by Crippen LogP contribution is 2.38. The van der Waals surface area contributed by atoms with Crippen LogP contribution in [0.1, 0.15) is 15.9 Å². The number of carbonyl (C=O) groups is 1. The van der Waals surface area contributed by atoms with Crippen LogP contribution in [-0.2, 0) is 16.6 Å². The van der Waals surface area contributed by atoms with E-state index in [1.165, 1.54) is 6.07 Å². The summed E-state index contributed by atoms with van der Waals surface area (Å²) >= 11 is 0. The zero-order valence-corrected chi connectivity index (χ0v) is 16.1. The van der Waals surface area contributed by atoms with Gasteiger partial charge in [-0.25, -0.2) is 17.2 Å². The Labute approximate surface area is 166 Å². The molecule has 1 amide bonds. The summed E-state index contributed by atoms with van der Waals surface area (Å²) in [6, 6.07) is 13.3. The van der Waals surface area contributed by atoms with E-state index in [1.54, 1.807) is 36.4 Å². The first kappa shape index (κ1) is 19.1. The molecule has 0 fully saturated rings. The molecular formula is C21H16F2N2O3S. The number of rotatable bonds is 4. The number of hydrogen-bond donors (Lipinski definition) is 2. The number of sulfonamides is 1. The third kappa shape index (κ3) is 3.84. The predicted octanol–water partition coefficient (Wildman–Crippen LogP) is 3.91. The number of nitrogens with one attached hydrogen (secondary N) is 2. The molecule has 1 aliphatic rings. The van der Waals surface area contributed by atoms with Gasteiger partial charge < -0.3 is 5.32 Å².